The average Bonchev–Trinajstić information content (AvgIpc) is 2.93. The van der Waals surface area contributed by atoms with E-state index in [0.717, 1.165) is 19.4 Å². The molecule has 0 aromatic heterocycles. The van der Waals surface area contributed by atoms with Crippen LogP contribution in [0.1, 0.15) is 39.2 Å². The second-order valence-electron chi connectivity index (χ2n) is 5.97. The number of nitrogens with one attached hydrogen (secondary N) is 2. The van der Waals surface area contributed by atoms with Crippen molar-refractivity contribution in [2.45, 2.75) is 51.1 Å². The Morgan fingerprint density at radius 3 is 2.63 bits per heavy atom. The lowest BCUT2D eigenvalue weighted by Crippen LogP contribution is -2.50. The first-order valence-electron chi connectivity index (χ1n) is 7.11. The van der Waals surface area contributed by atoms with Crippen molar-refractivity contribution in [2.24, 2.45) is 0 Å². The van der Waals surface area contributed by atoms with Gasteiger partial charge in [0.15, 0.2) is 0 Å². The van der Waals surface area contributed by atoms with Gasteiger partial charge in [0.25, 0.3) is 0 Å². The molecule has 1 amide bonds. The number of carbonyl (C=O) groups is 1. The van der Waals surface area contributed by atoms with Crippen LogP contribution >= 0.6 is 0 Å². The van der Waals surface area contributed by atoms with Gasteiger partial charge in [-0.25, -0.2) is 0 Å². The van der Waals surface area contributed by atoms with Gasteiger partial charge in [-0.05, 0) is 31.9 Å². The molecule has 3 nitrogen and oxygen atoms in total. The second kappa shape index (κ2) is 5.74. The quantitative estimate of drug-likeness (QED) is 0.871. The van der Waals surface area contributed by atoms with Gasteiger partial charge in [-0.2, -0.15) is 0 Å². The Labute approximate surface area is 115 Å². The molecule has 1 aliphatic heterocycles. The number of hydrogen-bond donors (Lipinski definition) is 2. The Balaban J connectivity index is 2.02. The highest BCUT2D eigenvalue weighted by molar-refractivity contribution is 5.82. The summed E-state index contributed by atoms with van der Waals surface area (Å²) in [6.07, 6.45) is 2.04. The maximum Gasteiger partial charge on any atom is 0.237 e. The first kappa shape index (κ1) is 14.1. The summed E-state index contributed by atoms with van der Waals surface area (Å²) in [7, 11) is 0. The summed E-state index contributed by atoms with van der Waals surface area (Å²) in [6, 6.07) is 10.4. The molecule has 0 bridgehead atoms. The van der Waals surface area contributed by atoms with Crippen molar-refractivity contribution in [2.75, 3.05) is 6.54 Å². The molecule has 3 heteroatoms. The topological polar surface area (TPSA) is 41.1 Å². The summed E-state index contributed by atoms with van der Waals surface area (Å²) in [6.45, 7) is 7.39. The Bertz CT molecular complexity index is 422. The zero-order valence-electron chi connectivity index (χ0n) is 12.1. The first-order chi connectivity index (χ1) is 9.01. The molecule has 1 aliphatic rings. The molecular formula is C16H24N2O. The van der Waals surface area contributed by atoms with Crippen molar-refractivity contribution in [1.82, 2.24) is 10.6 Å². The third-order valence-corrected chi connectivity index (χ3v) is 4.34. The molecular weight excluding hydrogens is 236 g/mol. The minimum absolute atomic E-state index is 0.00553. The van der Waals surface area contributed by atoms with Crippen LogP contribution in [-0.4, -0.2) is 24.5 Å². The number of rotatable bonds is 4. The van der Waals surface area contributed by atoms with Crippen LogP contribution in [0.25, 0.3) is 0 Å². The van der Waals surface area contributed by atoms with Gasteiger partial charge in [-0.1, -0.05) is 44.2 Å². The van der Waals surface area contributed by atoms with E-state index in [0.29, 0.717) is 0 Å². The summed E-state index contributed by atoms with van der Waals surface area (Å²) in [5.41, 5.74) is 1.18. The van der Waals surface area contributed by atoms with Crippen LogP contribution in [0.2, 0.25) is 0 Å². The SMILES string of the molecule is CC(NC(=O)C1CCCN1)C(C)(C)c1ccccc1. The lowest BCUT2D eigenvalue weighted by molar-refractivity contribution is -0.123. The van der Waals surface area contributed by atoms with E-state index in [2.05, 4.69) is 43.5 Å². The van der Waals surface area contributed by atoms with Crippen molar-refractivity contribution in [3.05, 3.63) is 35.9 Å². The van der Waals surface area contributed by atoms with Crippen molar-refractivity contribution in [3.63, 3.8) is 0 Å². The second-order valence-corrected chi connectivity index (χ2v) is 5.97. The molecule has 0 aliphatic carbocycles. The van der Waals surface area contributed by atoms with Gasteiger partial charge in [0, 0.05) is 11.5 Å². The Morgan fingerprint density at radius 2 is 2.05 bits per heavy atom. The van der Waals surface area contributed by atoms with Crippen LogP contribution < -0.4 is 10.6 Å². The van der Waals surface area contributed by atoms with Gasteiger partial charge < -0.3 is 10.6 Å². The normalized spacial score (nSPS) is 21.1. The minimum atomic E-state index is -0.0739. The lowest BCUT2D eigenvalue weighted by Gasteiger charge is -2.33. The maximum absolute atomic E-state index is 12.2. The molecule has 0 spiro atoms. The molecule has 0 radical (unpaired) electrons. The van der Waals surface area contributed by atoms with Gasteiger partial charge in [0.05, 0.1) is 6.04 Å². The number of benzene rings is 1. The predicted octanol–water partition coefficient (Wildman–Crippen LogP) is 2.22. The molecule has 19 heavy (non-hydrogen) atoms. The lowest BCUT2D eigenvalue weighted by atomic mass is 9.78. The predicted molar refractivity (Wildman–Crippen MR) is 78.1 cm³/mol. The van der Waals surface area contributed by atoms with Gasteiger partial charge in [-0.3, -0.25) is 4.79 Å². The van der Waals surface area contributed by atoms with E-state index in [1.54, 1.807) is 0 Å². The largest absolute Gasteiger partial charge is 0.351 e. The molecule has 104 valence electrons. The first-order valence-corrected chi connectivity index (χ1v) is 7.11. The molecule has 0 saturated carbocycles. The smallest absolute Gasteiger partial charge is 0.237 e. The molecule has 2 rings (SSSR count). The maximum atomic E-state index is 12.2. The Morgan fingerprint density at radius 1 is 1.37 bits per heavy atom. The molecule has 2 unspecified atom stereocenters. The highest BCUT2D eigenvalue weighted by atomic mass is 16.2. The fourth-order valence-corrected chi connectivity index (χ4v) is 2.52. The summed E-state index contributed by atoms with van der Waals surface area (Å²) < 4.78 is 0. The van der Waals surface area contributed by atoms with E-state index in [9.17, 15) is 4.79 Å². The molecule has 2 atom stereocenters. The van der Waals surface area contributed by atoms with Crippen molar-refractivity contribution >= 4 is 5.91 Å². The van der Waals surface area contributed by atoms with Crippen LogP contribution in [0.5, 0.6) is 0 Å². The van der Waals surface area contributed by atoms with Crippen molar-refractivity contribution in [1.29, 1.82) is 0 Å². The molecule has 1 saturated heterocycles. The highest BCUT2D eigenvalue weighted by Gasteiger charge is 2.31. The number of carbonyl (C=O) groups excluding carboxylic acids is 1. The monoisotopic (exact) mass is 260 g/mol. The van der Waals surface area contributed by atoms with Gasteiger partial charge in [0.1, 0.15) is 0 Å². The van der Waals surface area contributed by atoms with Crippen molar-refractivity contribution in [3.8, 4) is 0 Å². The molecule has 1 heterocycles. The zero-order chi connectivity index (χ0) is 13.9. The third kappa shape index (κ3) is 3.16. The molecule has 1 aromatic carbocycles. The summed E-state index contributed by atoms with van der Waals surface area (Å²) in [4.78, 5) is 12.2. The van der Waals surface area contributed by atoms with E-state index in [1.165, 1.54) is 5.56 Å². The Kier molecular flexibility index (Phi) is 4.25. The van der Waals surface area contributed by atoms with Gasteiger partial charge >= 0.3 is 0 Å². The molecule has 1 fully saturated rings. The minimum Gasteiger partial charge on any atom is -0.351 e. The van der Waals surface area contributed by atoms with Crippen LogP contribution in [0.15, 0.2) is 30.3 Å². The highest BCUT2D eigenvalue weighted by Crippen LogP contribution is 2.26. The average molecular weight is 260 g/mol. The molecule has 1 aromatic rings. The summed E-state index contributed by atoms with van der Waals surface area (Å²) in [5.74, 6) is 0.133. The standard InChI is InChI=1S/C16H24N2O/c1-12(18-15(19)14-10-7-11-17-14)16(2,3)13-8-5-4-6-9-13/h4-6,8-9,12,14,17H,7,10-11H2,1-3H3,(H,18,19). The van der Waals surface area contributed by atoms with E-state index < -0.39 is 0 Å². The fraction of sp³-hybridized carbons (Fsp3) is 0.562. The van der Waals surface area contributed by atoms with Crippen LogP contribution in [0.3, 0.4) is 0 Å². The van der Waals surface area contributed by atoms with Crippen LogP contribution in [-0.2, 0) is 10.2 Å². The van der Waals surface area contributed by atoms with Gasteiger partial charge in [-0.15, -0.1) is 0 Å². The van der Waals surface area contributed by atoms with E-state index in [-0.39, 0.29) is 23.4 Å². The van der Waals surface area contributed by atoms with Crippen LogP contribution in [0.4, 0.5) is 0 Å². The fourth-order valence-electron chi connectivity index (χ4n) is 2.52. The Hall–Kier alpha value is -1.35. The van der Waals surface area contributed by atoms with Gasteiger partial charge in [0.2, 0.25) is 5.91 Å². The zero-order valence-corrected chi connectivity index (χ0v) is 12.1. The number of amides is 1. The third-order valence-electron chi connectivity index (χ3n) is 4.34. The number of hydrogen-bond acceptors (Lipinski definition) is 2. The van der Waals surface area contributed by atoms with E-state index in [1.807, 2.05) is 18.2 Å². The van der Waals surface area contributed by atoms with E-state index in [4.69, 9.17) is 0 Å². The summed E-state index contributed by atoms with van der Waals surface area (Å²) in [5, 5.41) is 6.40. The summed E-state index contributed by atoms with van der Waals surface area (Å²) >= 11 is 0. The van der Waals surface area contributed by atoms with E-state index >= 15 is 0 Å². The van der Waals surface area contributed by atoms with Crippen LogP contribution in [0, 0.1) is 0 Å². The van der Waals surface area contributed by atoms with Crippen molar-refractivity contribution < 1.29 is 4.79 Å². The molecule has 2 N–H and O–H groups in total.